The van der Waals surface area contributed by atoms with E-state index >= 15 is 0 Å². The van der Waals surface area contributed by atoms with Crippen molar-refractivity contribution in [1.29, 1.82) is 0 Å². The predicted molar refractivity (Wildman–Crippen MR) is 45.8 cm³/mol. The maximum atomic E-state index is 4.07. The monoisotopic (exact) mass is 146 g/mol. The fraction of sp³-hybridized carbons (Fsp3) is 0.222. The van der Waals surface area contributed by atoms with E-state index in [1.165, 1.54) is 0 Å². The molecule has 56 valence electrons. The molecule has 0 aliphatic heterocycles. The highest BCUT2D eigenvalue weighted by Gasteiger charge is 1.90. The summed E-state index contributed by atoms with van der Waals surface area (Å²) < 4.78 is 1.79. The highest BCUT2D eigenvalue weighted by atomic mass is 15.3. The zero-order chi connectivity index (χ0) is 8.10. The molecule has 0 aliphatic carbocycles. The number of nitrogens with zero attached hydrogens (tertiary/aromatic N) is 2. The third-order valence-electron chi connectivity index (χ3n) is 1.31. The highest BCUT2D eigenvalue weighted by molar-refractivity contribution is 5.43. The fourth-order valence-corrected chi connectivity index (χ4v) is 0.732. The summed E-state index contributed by atoms with van der Waals surface area (Å²) >= 11 is 0. The molecule has 0 unspecified atom stereocenters. The van der Waals surface area contributed by atoms with Gasteiger partial charge < -0.3 is 0 Å². The number of hydrogen-bond acceptors (Lipinski definition) is 1. The minimum absolute atomic E-state index is 0.657. The molecule has 2 heteroatoms. The summed E-state index contributed by atoms with van der Waals surface area (Å²) in [6, 6.07) is 0. The summed E-state index contributed by atoms with van der Waals surface area (Å²) in [7, 11) is 0. The molecule has 0 amide bonds. The Balaban J connectivity index is 2.70. The SMILES string of the molecule is C=Cc1cnn(CC#CC)c1. The van der Waals surface area contributed by atoms with Gasteiger partial charge in [-0.3, -0.25) is 4.68 Å². The summed E-state index contributed by atoms with van der Waals surface area (Å²) in [4.78, 5) is 0. The van der Waals surface area contributed by atoms with Gasteiger partial charge in [0.1, 0.15) is 6.54 Å². The Morgan fingerprint density at radius 3 is 3.18 bits per heavy atom. The van der Waals surface area contributed by atoms with E-state index in [-0.39, 0.29) is 0 Å². The van der Waals surface area contributed by atoms with Crippen molar-refractivity contribution in [2.75, 3.05) is 0 Å². The quantitative estimate of drug-likeness (QED) is 0.579. The van der Waals surface area contributed by atoms with Gasteiger partial charge in [-0.15, -0.1) is 5.92 Å². The van der Waals surface area contributed by atoms with E-state index in [1.807, 2.05) is 13.1 Å². The van der Waals surface area contributed by atoms with E-state index in [0.717, 1.165) is 5.56 Å². The Bertz CT molecular complexity index is 299. The maximum Gasteiger partial charge on any atom is 0.102 e. The molecular weight excluding hydrogens is 136 g/mol. The van der Waals surface area contributed by atoms with Crippen molar-refractivity contribution in [3.63, 3.8) is 0 Å². The first-order valence-corrected chi connectivity index (χ1v) is 3.41. The third kappa shape index (κ3) is 1.98. The molecule has 0 spiro atoms. The molecule has 1 aromatic rings. The minimum atomic E-state index is 0.657. The topological polar surface area (TPSA) is 17.8 Å². The largest absolute Gasteiger partial charge is 0.260 e. The second-order valence-electron chi connectivity index (χ2n) is 2.10. The Morgan fingerprint density at radius 1 is 1.82 bits per heavy atom. The van der Waals surface area contributed by atoms with Crippen LogP contribution in [0.2, 0.25) is 0 Å². The summed E-state index contributed by atoms with van der Waals surface area (Å²) in [6.07, 6.45) is 5.45. The first kappa shape index (κ1) is 7.62. The van der Waals surface area contributed by atoms with Gasteiger partial charge in [-0.2, -0.15) is 5.10 Å². The van der Waals surface area contributed by atoms with Crippen LogP contribution >= 0.6 is 0 Å². The van der Waals surface area contributed by atoms with Crippen molar-refractivity contribution in [3.8, 4) is 11.8 Å². The first-order chi connectivity index (χ1) is 5.36. The van der Waals surface area contributed by atoms with Gasteiger partial charge in [-0.25, -0.2) is 0 Å². The summed E-state index contributed by atoms with van der Waals surface area (Å²) in [5.41, 5.74) is 1.03. The molecule has 0 radical (unpaired) electrons. The molecule has 1 heterocycles. The average Bonchev–Trinajstić information content (AvgIpc) is 2.48. The lowest BCUT2D eigenvalue weighted by Crippen LogP contribution is -1.94. The van der Waals surface area contributed by atoms with Crippen LogP contribution in [0.4, 0.5) is 0 Å². The van der Waals surface area contributed by atoms with Crippen molar-refractivity contribution >= 4 is 6.08 Å². The minimum Gasteiger partial charge on any atom is -0.260 e. The highest BCUT2D eigenvalue weighted by Crippen LogP contribution is 1.97. The van der Waals surface area contributed by atoms with Crippen LogP contribution in [-0.2, 0) is 6.54 Å². The molecule has 0 aliphatic rings. The fourth-order valence-electron chi connectivity index (χ4n) is 0.732. The van der Waals surface area contributed by atoms with Gasteiger partial charge in [0, 0.05) is 11.8 Å². The molecule has 0 aromatic carbocycles. The van der Waals surface area contributed by atoms with Crippen LogP contribution in [0.3, 0.4) is 0 Å². The lowest BCUT2D eigenvalue weighted by Gasteiger charge is -1.89. The van der Waals surface area contributed by atoms with E-state index in [9.17, 15) is 0 Å². The smallest absolute Gasteiger partial charge is 0.102 e. The van der Waals surface area contributed by atoms with Gasteiger partial charge >= 0.3 is 0 Å². The molecular formula is C9H10N2. The molecule has 0 N–H and O–H groups in total. The van der Waals surface area contributed by atoms with Crippen LogP contribution in [0, 0.1) is 11.8 Å². The summed E-state index contributed by atoms with van der Waals surface area (Å²) in [5.74, 6) is 5.72. The number of aromatic nitrogens is 2. The van der Waals surface area contributed by atoms with Crippen LogP contribution in [0.5, 0.6) is 0 Å². The maximum absolute atomic E-state index is 4.07. The standard InChI is InChI=1S/C9H10N2/c1-3-5-6-11-8-9(4-2)7-10-11/h4,7-8H,2,6H2,1H3. The molecule has 2 nitrogen and oxygen atoms in total. The van der Waals surface area contributed by atoms with Crippen molar-refractivity contribution in [2.45, 2.75) is 13.5 Å². The van der Waals surface area contributed by atoms with Crippen molar-refractivity contribution in [3.05, 3.63) is 24.5 Å². The van der Waals surface area contributed by atoms with E-state index < -0.39 is 0 Å². The summed E-state index contributed by atoms with van der Waals surface area (Å²) in [5, 5.41) is 4.07. The predicted octanol–water partition coefficient (Wildman–Crippen LogP) is 1.55. The van der Waals surface area contributed by atoms with Gasteiger partial charge in [-0.1, -0.05) is 18.6 Å². The van der Waals surface area contributed by atoms with E-state index in [2.05, 4.69) is 23.5 Å². The molecule has 0 bridgehead atoms. The van der Waals surface area contributed by atoms with Crippen molar-refractivity contribution in [1.82, 2.24) is 9.78 Å². The van der Waals surface area contributed by atoms with Gasteiger partial charge in [0.05, 0.1) is 6.20 Å². The van der Waals surface area contributed by atoms with Gasteiger partial charge in [-0.05, 0) is 6.92 Å². The van der Waals surface area contributed by atoms with E-state index in [0.29, 0.717) is 6.54 Å². The molecule has 1 rings (SSSR count). The van der Waals surface area contributed by atoms with Gasteiger partial charge in [0.15, 0.2) is 0 Å². The Morgan fingerprint density at radius 2 is 2.64 bits per heavy atom. The first-order valence-electron chi connectivity index (χ1n) is 3.41. The lowest BCUT2D eigenvalue weighted by molar-refractivity contribution is 0.715. The summed E-state index contributed by atoms with van der Waals surface area (Å²) in [6.45, 7) is 6.11. The van der Waals surface area contributed by atoms with Crippen LogP contribution in [0.15, 0.2) is 19.0 Å². The van der Waals surface area contributed by atoms with E-state index in [4.69, 9.17) is 0 Å². The molecule has 11 heavy (non-hydrogen) atoms. The second kappa shape index (κ2) is 3.62. The number of hydrogen-bond donors (Lipinski definition) is 0. The normalized spacial score (nSPS) is 8.45. The molecule has 0 atom stereocenters. The van der Waals surface area contributed by atoms with Crippen LogP contribution < -0.4 is 0 Å². The Labute approximate surface area is 66.5 Å². The van der Waals surface area contributed by atoms with Crippen LogP contribution in [0.1, 0.15) is 12.5 Å². The van der Waals surface area contributed by atoms with E-state index in [1.54, 1.807) is 17.0 Å². The van der Waals surface area contributed by atoms with Crippen molar-refractivity contribution in [2.24, 2.45) is 0 Å². The second-order valence-corrected chi connectivity index (χ2v) is 2.10. The Hall–Kier alpha value is -1.49. The number of rotatable bonds is 2. The van der Waals surface area contributed by atoms with Gasteiger partial charge in [0.2, 0.25) is 0 Å². The van der Waals surface area contributed by atoms with Crippen LogP contribution in [0.25, 0.3) is 6.08 Å². The molecule has 0 fully saturated rings. The molecule has 0 saturated carbocycles. The average molecular weight is 146 g/mol. The van der Waals surface area contributed by atoms with Crippen molar-refractivity contribution < 1.29 is 0 Å². The molecule has 0 saturated heterocycles. The van der Waals surface area contributed by atoms with Gasteiger partial charge in [0.25, 0.3) is 0 Å². The van der Waals surface area contributed by atoms with Crippen LogP contribution in [-0.4, -0.2) is 9.78 Å². The zero-order valence-corrected chi connectivity index (χ0v) is 6.54. The third-order valence-corrected chi connectivity index (χ3v) is 1.31. The Kier molecular flexibility index (Phi) is 2.51. The zero-order valence-electron chi connectivity index (χ0n) is 6.54. The lowest BCUT2D eigenvalue weighted by atomic mass is 10.4. The molecule has 1 aromatic heterocycles.